The maximum Gasteiger partial charge on any atom is 0.220 e. The molecule has 0 aliphatic heterocycles. The average Bonchev–Trinajstić information content (AvgIpc) is 2.60. The minimum atomic E-state index is -3.52. The van der Waals surface area contributed by atoms with Gasteiger partial charge in [-0.2, -0.15) is 9.57 Å². The van der Waals surface area contributed by atoms with Crippen molar-refractivity contribution in [3.05, 3.63) is 17.5 Å². The van der Waals surface area contributed by atoms with Gasteiger partial charge in [0.15, 0.2) is 0 Å². The van der Waals surface area contributed by atoms with Gasteiger partial charge >= 0.3 is 0 Å². The molecule has 0 radical (unpaired) electrons. The first kappa shape index (κ1) is 12.7. The van der Waals surface area contributed by atoms with Gasteiger partial charge in [0.25, 0.3) is 0 Å². The van der Waals surface area contributed by atoms with Crippen molar-refractivity contribution in [3.63, 3.8) is 0 Å². The van der Waals surface area contributed by atoms with Crippen LogP contribution < -0.4 is 0 Å². The Kier molecular flexibility index (Phi) is 3.67. The third-order valence-corrected chi connectivity index (χ3v) is 4.03. The van der Waals surface area contributed by atoms with E-state index < -0.39 is 16.1 Å². The zero-order valence-electron chi connectivity index (χ0n) is 9.34. The van der Waals surface area contributed by atoms with Crippen molar-refractivity contribution in [2.24, 2.45) is 0 Å². The number of hydrogen-bond donors (Lipinski definition) is 0. The minimum absolute atomic E-state index is 0.257. The first-order valence-electron chi connectivity index (χ1n) is 4.64. The van der Waals surface area contributed by atoms with Crippen molar-refractivity contribution in [1.82, 2.24) is 9.46 Å². The predicted octanol–water partition coefficient (Wildman–Crippen LogP) is 0.657. The molecular formula is C9H13N3O3S. The molecule has 16 heavy (non-hydrogen) atoms. The molecule has 0 N–H and O–H groups in total. The Morgan fingerprint density at radius 1 is 1.69 bits per heavy atom. The van der Waals surface area contributed by atoms with E-state index in [0.29, 0.717) is 11.5 Å². The smallest absolute Gasteiger partial charge is 0.220 e. The quantitative estimate of drug-likeness (QED) is 0.775. The van der Waals surface area contributed by atoms with E-state index in [1.54, 1.807) is 13.0 Å². The lowest BCUT2D eigenvalue weighted by atomic mass is 10.4. The second kappa shape index (κ2) is 4.63. The summed E-state index contributed by atoms with van der Waals surface area (Å²) in [4.78, 5) is 0. The lowest BCUT2D eigenvalue weighted by Crippen LogP contribution is -2.35. The van der Waals surface area contributed by atoms with Crippen LogP contribution in [0.3, 0.4) is 0 Å². The second-order valence-corrected chi connectivity index (χ2v) is 5.53. The number of hydrogen-bond acceptors (Lipinski definition) is 5. The van der Waals surface area contributed by atoms with Gasteiger partial charge in [-0.3, -0.25) is 0 Å². The van der Waals surface area contributed by atoms with Crippen molar-refractivity contribution in [1.29, 1.82) is 5.26 Å². The van der Waals surface area contributed by atoms with Gasteiger partial charge in [-0.05, 0) is 13.8 Å². The summed E-state index contributed by atoms with van der Waals surface area (Å²) < 4.78 is 29.4. The van der Waals surface area contributed by atoms with Crippen LogP contribution in [-0.2, 0) is 15.8 Å². The van der Waals surface area contributed by atoms with Crippen molar-refractivity contribution >= 4 is 10.0 Å². The minimum Gasteiger partial charge on any atom is -0.361 e. The molecule has 1 atom stereocenters. The van der Waals surface area contributed by atoms with Crippen LogP contribution in [0, 0.1) is 18.3 Å². The zero-order chi connectivity index (χ0) is 12.3. The Morgan fingerprint density at radius 2 is 2.31 bits per heavy atom. The Labute approximate surface area is 94.5 Å². The molecule has 0 amide bonds. The molecular weight excluding hydrogens is 230 g/mol. The normalized spacial score (nSPS) is 13.7. The summed E-state index contributed by atoms with van der Waals surface area (Å²) in [5.74, 6) is 0.300. The molecule has 88 valence electrons. The number of aromatic nitrogens is 1. The van der Waals surface area contributed by atoms with E-state index in [4.69, 9.17) is 9.78 Å². The van der Waals surface area contributed by atoms with Gasteiger partial charge < -0.3 is 4.52 Å². The van der Waals surface area contributed by atoms with Crippen LogP contribution in [0.4, 0.5) is 0 Å². The van der Waals surface area contributed by atoms with Gasteiger partial charge in [0.1, 0.15) is 23.2 Å². The Bertz CT molecular complexity index is 500. The van der Waals surface area contributed by atoms with E-state index >= 15 is 0 Å². The average molecular weight is 243 g/mol. The molecule has 1 heterocycles. The number of nitrogens with zero attached hydrogens (tertiary/aromatic N) is 3. The summed E-state index contributed by atoms with van der Waals surface area (Å²) in [5.41, 5.74) is 0.342. The fourth-order valence-electron chi connectivity index (χ4n) is 1.10. The molecule has 0 saturated heterocycles. The highest BCUT2D eigenvalue weighted by molar-refractivity contribution is 7.88. The SMILES string of the molecule is Cc1cc(CS(=O)(=O)N(C)C(C)C#N)no1. The summed E-state index contributed by atoms with van der Waals surface area (Å²) in [7, 11) is -2.15. The summed E-state index contributed by atoms with van der Waals surface area (Å²) >= 11 is 0. The monoisotopic (exact) mass is 243 g/mol. The van der Waals surface area contributed by atoms with Crippen LogP contribution in [0.15, 0.2) is 10.6 Å². The molecule has 0 aliphatic carbocycles. The fourth-order valence-corrected chi connectivity index (χ4v) is 2.34. The number of nitriles is 1. The molecule has 0 fully saturated rings. The third kappa shape index (κ3) is 2.81. The number of rotatable bonds is 4. The van der Waals surface area contributed by atoms with Gasteiger partial charge in [-0.1, -0.05) is 5.16 Å². The van der Waals surface area contributed by atoms with Crippen molar-refractivity contribution in [2.45, 2.75) is 25.6 Å². The van der Waals surface area contributed by atoms with Gasteiger partial charge in [0.05, 0.1) is 6.07 Å². The summed E-state index contributed by atoms with van der Waals surface area (Å²) in [5, 5.41) is 12.3. The van der Waals surface area contributed by atoms with Crippen LogP contribution in [0.1, 0.15) is 18.4 Å². The van der Waals surface area contributed by atoms with Crippen LogP contribution >= 0.6 is 0 Å². The third-order valence-electron chi connectivity index (χ3n) is 2.18. The molecule has 1 rings (SSSR count). The van der Waals surface area contributed by atoms with Crippen LogP contribution in [0.25, 0.3) is 0 Å². The molecule has 6 nitrogen and oxygen atoms in total. The van der Waals surface area contributed by atoms with Gasteiger partial charge in [0.2, 0.25) is 10.0 Å². The van der Waals surface area contributed by atoms with E-state index in [9.17, 15) is 8.42 Å². The second-order valence-electron chi connectivity index (χ2n) is 3.51. The highest BCUT2D eigenvalue weighted by Gasteiger charge is 2.24. The summed E-state index contributed by atoms with van der Waals surface area (Å²) in [6.45, 7) is 3.20. The van der Waals surface area contributed by atoms with E-state index in [0.717, 1.165) is 4.31 Å². The van der Waals surface area contributed by atoms with Crippen LogP contribution in [0.5, 0.6) is 0 Å². The molecule has 0 aliphatic rings. The molecule has 7 heteroatoms. The van der Waals surface area contributed by atoms with E-state index in [1.165, 1.54) is 14.0 Å². The highest BCUT2D eigenvalue weighted by atomic mass is 32.2. The maximum atomic E-state index is 11.8. The summed E-state index contributed by atoms with van der Waals surface area (Å²) in [6, 6.07) is 2.73. The molecule has 0 bridgehead atoms. The fraction of sp³-hybridized carbons (Fsp3) is 0.556. The molecule has 1 unspecified atom stereocenters. The Morgan fingerprint density at radius 3 is 2.75 bits per heavy atom. The van der Waals surface area contributed by atoms with E-state index in [1.807, 2.05) is 6.07 Å². The molecule has 0 spiro atoms. The lowest BCUT2D eigenvalue weighted by molar-refractivity contribution is 0.390. The standard InChI is InChI=1S/C9H13N3O3S/c1-7(5-10)12(3)16(13,14)6-9-4-8(2)15-11-9/h4,7H,6H2,1-3H3. The first-order chi connectivity index (χ1) is 7.36. The molecule has 0 saturated carbocycles. The first-order valence-corrected chi connectivity index (χ1v) is 6.25. The topological polar surface area (TPSA) is 87.2 Å². The molecule has 1 aromatic rings. The van der Waals surface area contributed by atoms with Gasteiger partial charge in [-0.15, -0.1) is 0 Å². The van der Waals surface area contributed by atoms with E-state index in [2.05, 4.69) is 5.16 Å². The van der Waals surface area contributed by atoms with Crippen molar-refractivity contribution in [2.75, 3.05) is 7.05 Å². The number of sulfonamides is 1. The Balaban J connectivity index is 2.84. The van der Waals surface area contributed by atoms with Crippen molar-refractivity contribution in [3.8, 4) is 6.07 Å². The lowest BCUT2D eigenvalue weighted by Gasteiger charge is -2.17. The Hall–Kier alpha value is -1.39. The van der Waals surface area contributed by atoms with Crippen LogP contribution in [-0.4, -0.2) is 31.0 Å². The summed E-state index contributed by atoms with van der Waals surface area (Å²) in [6.07, 6.45) is 0. The largest absolute Gasteiger partial charge is 0.361 e. The van der Waals surface area contributed by atoms with Crippen molar-refractivity contribution < 1.29 is 12.9 Å². The molecule has 1 aromatic heterocycles. The van der Waals surface area contributed by atoms with Gasteiger partial charge in [-0.25, -0.2) is 8.42 Å². The number of aryl methyl sites for hydroxylation is 1. The predicted molar refractivity (Wildman–Crippen MR) is 56.7 cm³/mol. The van der Waals surface area contributed by atoms with E-state index in [-0.39, 0.29) is 5.75 Å². The zero-order valence-corrected chi connectivity index (χ0v) is 10.2. The maximum absolute atomic E-state index is 11.8. The van der Waals surface area contributed by atoms with Crippen LogP contribution in [0.2, 0.25) is 0 Å². The molecule has 0 aromatic carbocycles. The van der Waals surface area contributed by atoms with Gasteiger partial charge in [0, 0.05) is 13.1 Å². The highest BCUT2D eigenvalue weighted by Crippen LogP contribution is 2.11.